The number of nitrogens with zero attached hydrogens (tertiary/aromatic N) is 3. The summed E-state index contributed by atoms with van der Waals surface area (Å²) in [6.45, 7) is 0. The van der Waals surface area contributed by atoms with E-state index in [2.05, 4.69) is 15.1 Å². The lowest BCUT2D eigenvalue weighted by atomic mass is 10.2. The van der Waals surface area contributed by atoms with Gasteiger partial charge in [0.1, 0.15) is 11.6 Å². The molecule has 0 fully saturated rings. The summed E-state index contributed by atoms with van der Waals surface area (Å²) in [5, 5.41) is 13.6. The van der Waals surface area contributed by atoms with Gasteiger partial charge in [0.25, 0.3) is 5.89 Å². The second-order valence-corrected chi connectivity index (χ2v) is 4.35. The minimum atomic E-state index is -0.450. The summed E-state index contributed by atoms with van der Waals surface area (Å²) < 4.78 is 18.1. The Morgan fingerprint density at radius 1 is 1.20 bits per heavy atom. The van der Waals surface area contributed by atoms with E-state index in [0.717, 1.165) is 6.07 Å². The maximum Gasteiger partial charge on any atom is 0.262 e. The van der Waals surface area contributed by atoms with Gasteiger partial charge in [-0.1, -0.05) is 16.8 Å². The summed E-state index contributed by atoms with van der Waals surface area (Å²) >= 11 is 5.93. The molecule has 0 bridgehead atoms. The number of hydrogen-bond donors (Lipinski definition) is 1. The third kappa shape index (κ3) is 2.21. The van der Waals surface area contributed by atoms with Gasteiger partial charge in [-0.25, -0.2) is 4.39 Å². The molecule has 0 atom stereocenters. The quantitative estimate of drug-likeness (QED) is 0.784. The van der Waals surface area contributed by atoms with Crippen LogP contribution in [-0.2, 0) is 0 Å². The SMILES string of the molecule is Oc1cnccc1-c1nc(-c2ccc(F)cc2Cl)no1. The van der Waals surface area contributed by atoms with Gasteiger partial charge in [0.15, 0.2) is 0 Å². The topological polar surface area (TPSA) is 72.0 Å². The number of aromatic hydroxyl groups is 1. The Hall–Kier alpha value is -2.47. The first-order valence-electron chi connectivity index (χ1n) is 5.57. The van der Waals surface area contributed by atoms with E-state index in [0.29, 0.717) is 11.1 Å². The molecule has 0 unspecified atom stereocenters. The van der Waals surface area contributed by atoms with Crippen molar-refractivity contribution in [3.05, 3.63) is 47.5 Å². The smallest absolute Gasteiger partial charge is 0.262 e. The van der Waals surface area contributed by atoms with E-state index < -0.39 is 5.82 Å². The fourth-order valence-corrected chi connectivity index (χ4v) is 1.93. The highest BCUT2D eigenvalue weighted by Crippen LogP contribution is 2.31. The molecule has 0 saturated heterocycles. The van der Waals surface area contributed by atoms with Gasteiger partial charge in [-0.15, -0.1) is 0 Å². The molecule has 3 aromatic rings. The molecule has 1 aromatic carbocycles. The molecule has 20 heavy (non-hydrogen) atoms. The van der Waals surface area contributed by atoms with Crippen LogP contribution in [0.3, 0.4) is 0 Å². The fraction of sp³-hybridized carbons (Fsp3) is 0. The average molecular weight is 292 g/mol. The summed E-state index contributed by atoms with van der Waals surface area (Å²) in [5.74, 6) is -0.191. The molecule has 0 aliphatic heterocycles. The van der Waals surface area contributed by atoms with Crippen molar-refractivity contribution in [3.8, 4) is 28.6 Å². The van der Waals surface area contributed by atoms with E-state index >= 15 is 0 Å². The Morgan fingerprint density at radius 3 is 2.80 bits per heavy atom. The maximum atomic E-state index is 13.0. The summed E-state index contributed by atoms with van der Waals surface area (Å²) in [5.41, 5.74) is 0.800. The third-order valence-corrected chi connectivity index (χ3v) is 2.94. The van der Waals surface area contributed by atoms with Crippen LogP contribution in [0.25, 0.3) is 22.8 Å². The summed E-state index contributed by atoms with van der Waals surface area (Å²) in [7, 11) is 0. The fourth-order valence-electron chi connectivity index (χ4n) is 1.68. The zero-order chi connectivity index (χ0) is 14.1. The van der Waals surface area contributed by atoms with Crippen LogP contribution in [0.15, 0.2) is 41.2 Å². The Balaban J connectivity index is 2.04. The highest BCUT2D eigenvalue weighted by atomic mass is 35.5. The predicted molar refractivity (Wildman–Crippen MR) is 69.6 cm³/mol. The molecule has 7 heteroatoms. The first-order valence-corrected chi connectivity index (χ1v) is 5.95. The van der Waals surface area contributed by atoms with Crippen molar-refractivity contribution in [2.24, 2.45) is 0 Å². The normalized spacial score (nSPS) is 10.7. The second kappa shape index (κ2) is 4.90. The predicted octanol–water partition coefficient (Wildman–Crippen LogP) is 3.30. The summed E-state index contributed by atoms with van der Waals surface area (Å²) in [4.78, 5) is 7.89. The minimum absolute atomic E-state index is 0.0760. The van der Waals surface area contributed by atoms with Crippen LogP contribution < -0.4 is 0 Å². The molecule has 0 spiro atoms. The molecule has 0 aliphatic rings. The van der Waals surface area contributed by atoms with Crippen LogP contribution >= 0.6 is 11.6 Å². The molecular formula is C13H7ClFN3O2. The molecule has 1 N–H and O–H groups in total. The minimum Gasteiger partial charge on any atom is -0.505 e. The van der Waals surface area contributed by atoms with E-state index in [1.54, 1.807) is 6.07 Å². The van der Waals surface area contributed by atoms with E-state index in [9.17, 15) is 9.50 Å². The monoisotopic (exact) mass is 291 g/mol. The zero-order valence-electron chi connectivity index (χ0n) is 9.92. The first-order chi connectivity index (χ1) is 9.65. The molecule has 2 aromatic heterocycles. The van der Waals surface area contributed by atoms with Gasteiger partial charge in [-0.05, 0) is 24.3 Å². The molecule has 0 radical (unpaired) electrons. The lowest BCUT2D eigenvalue weighted by molar-refractivity contribution is 0.425. The van der Waals surface area contributed by atoms with Crippen molar-refractivity contribution < 1.29 is 14.0 Å². The van der Waals surface area contributed by atoms with Gasteiger partial charge in [0.2, 0.25) is 5.82 Å². The Morgan fingerprint density at radius 2 is 2.05 bits per heavy atom. The van der Waals surface area contributed by atoms with Crippen LogP contribution in [0.5, 0.6) is 5.75 Å². The Kier molecular flexibility index (Phi) is 3.08. The van der Waals surface area contributed by atoms with Gasteiger partial charge in [0, 0.05) is 11.8 Å². The highest BCUT2D eigenvalue weighted by molar-refractivity contribution is 6.33. The molecule has 5 nitrogen and oxygen atoms in total. The lowest BCUT2D eigenvalue weighted by Gasteiger charge is -1.98. The average Bonchev–Trinajstić information content (AvgIpc) is 2.88. The van der Waals surface area contributed by atoms with Gasteiger partial charge >= 0.3 is 0 Å². The van der Waals surface area contributed by atoms with E-state index in [4.69, 9.17) is 16.1 Å². The number of hydrogen-bond acceptors (Lipinski definition) is 5. The maximum absolute atomic E-state index is 13.0. The van der Waals surface area contributed by atoms with E-state index in [1.807, 2.05) is 0 Å². The van der Waals surface area contributed by atoms with Crippen molar-refractivity contribution in [2.75, 3.05) is 0 Å². The van der Waals surface area contributed by atoms with Crippen LogP contribution in [0.4, 0.5) is 4.39 Å². The van der Waals surface area contributed by atoms with Crippen LogP contribution in [0.2, 0.25) is 5.02 Å². The van der Waals surface area contributed by atoms with Gasteiger partial charge < -0.3 is 9.63 Å². The molecular weight excluding hydrogens is 285 g/mol. The zero-order valence-corrected chi connectivity index (χ0v) is 10.7. The second-order valence-electron chi connectivity index (χ2n) is 3.94. The number of aromatic nitrogens is 3. The molecule has 0 amide bonds. The number of rotatable bonds is 2. The number of benzene rings is 1. The van der Waals surface area contributed by atoms with Crippen molar-refractivity contribution >= 4 is 11.6 Å². The number of halogens is 2. The Labute approximate surface area is 117 Å². The van der Waals surface area contributed by atoms with E-state index in [1.165, 1.54) is 24.5 Å². The molecule has 0 aliphatic carbocycles. The Bertz CT molecular complexity index is 776. The molecule has 3 rings (SSSR count). The molecule has 100 valence electrons. The summed E-state index contributed by atoms with van der Waals surface area (Å²) in [6, 6.07) is 5.41. The lowest BCUT2D eigenvalue weighted by Crippen LogP contribution is -1.85. The van der Waals surface area contributed by atoms with Crippen LogP contribution in [-0.4, -0.2) is 20.2 Å². The van der Waals surface area contributed by atoms with Gasteiger partial charge in [0.05, 0.1) is 16.8 Å². The van der Waals surface area contributed by atoms with Crippen molar-refractivity contribution in [1.82, 2.24) is 15.1 Å². The van der Waals surface area contributed by atoms with Gasteiger partial charge in [-0.3, -0.25) is 4.98 Å². The van der Waals surface area contributed by atoms with Crippen LogP contribution in [0.1, 0.15) is 0 Å². The van der Waals surface area contributed by atoms with Crippen molar-refractivity contribution in [3.63, 3.8) is 0 Å². The summed E-state index contributed by atoms with van der Waals surface area (Å²) in [6.07, 6.45) is 2.76. The van der Waals surface area contributed by atoms with Crippen molar-refractivity contribution in [2.45, 2.75) is 0 Å². The van der Waals surface area contributed by atoms with Gasteiger partial charge in [-0.2, -0.15) is 4.98 Å². The highest BCUT2D eigenvalue weighted by Gasteiger charge is 2.15. The molecule has 2 heterocycles. The standard InChI is InChI=1S/C13H7ClFN3O2/c14-10-5-7(15)1-2-8(10)12-17-13(20-18-12)9-3-4-16-6-11(9)19/h1-6,19H. The van der Waals surface area contributed by atoms with E-state index in [-0.39, 0.29) is 22.5 Å². The van der Waals surface area contributed by atoms with Crippen LogP contribution in [0, 0.1) is 5.82 Å². The largest absolute Gasteiger partial charge is 0.505 e. The first kappa shape index (κ1) is 12.6. The molecule has 0 saturated carbocycles. The third-order valence-electron chi connectivity index (χ3n) is 2.63. The number of pyridine rings is 1. The van der Waals surface area contributed by atoms with Crippen molar-refractivity contribution in [1.29, 1.82) is 0 Å².